The van der Waals surface area contributed by atoms with Gasteiger partial charge in [0.25, 0.3) is 5.91 Å². The van der Waals surface area contributed by atoms with E-state index >= 15 is 0 Å². The van der Waals surface area contributed by atoms with Crippen LogP contribution < -0.4 is 10.1 Å². The van der Waals surface area contributed by atoms with Crippen molar-refractivity contribution in [1.82, 2.24) is 5.32 Å². The molecule has 2 atom stereocenters. The minimum atomic E-state index is -0.883. The molecule has 6 heteroatoms. The summed E-state index contributed by atoms with van der Waals surface area (Å²) in [5.74, 6) is -0.975. The first-order valence-electron chi connectivity index (χ1n) is 6.89. The van der Waals surface area contributed by atoms with Crippen LogP contribution in [-0.2, 0) is 14.3 Å². The predicted octanol–water partition coefficient (Wildman–Crippen LogP) is 1.80. The van der Waals surface area contributed by atoms with E-state index in [1.54, 1.807) is 0 Å². The van der Waals surface area contributed by atoms with Crippen molar-refractivity contribution in [2.75, 3.05) is 0 Å². The van der Waals surface area contributed by atoms with Gasteiger partial charge in [0.05, 0.1) is 0 Å². The second-order valence-corrected chi connectivity index (χ2v) is 5.08. The molecule has 0 aromatic heterocycles. The quantitative estimate of drug-likeness (QED) is 0.813. The number of esters is 1. The molecule has 1 aromatic rings. The summed E-state index contributed by atoms with van der Waals surface area (Å²) >= 11 is 0. The van der Waals surface area contributed by atoms with Crippen LogP contribution in [-0.4, -0.2) is 30.1 Å². The normalized spacial score (nSPS) is 16.7. The van der Waals surface area contributed by atoms with Crippen LogP contribution in [0.5, 0.6) is 5.75 Å². The molecular formula is C15H18FNO4. The number of halogens is 1. The monoisotopic (exact) mass is 295 g/mol. The summed E-state index contributed by atoms with van der Waals surface area (Å²) in [7, 11) is 0. The molecule has 0 unspecified atom stereocenters. The zero-order chi connectivity index (χ0) is 15.4. The van der Waals surface area contributed by atoms with E-state index in [2.05, 4.69) is 5.32 Å². The fraction of sp³-hybridized carbons (Fsp3) is 0.467. The van der Waals surface area contributed by atoms with Gasteiger partial charge in [0.2, 0.25) is 0 Å². The summed E-state index contributed by atoms with van der Waals surface area (Å²) in [6.45, 7) is 3.03. The summed E-state index contributed by atoms with van der Waals surface area (Å²) < 4.78 is 23.1. The molecule has 1 aromatic carbocycles. The van der Waals surface area contributed by atoms with Crippen molar-refractivity contribution < 1.29 is 23.5 Å². The third-order valence-corrected chi connectivity index (χ3v) is 3.04. The first-order valence-corrected chi connectivity index (χ1v) is 6.89. The molecule has 1 N–H and O–H groups in total. The first-order chi connectivity index (χ1) is 9.95. The van der Waals surface area contributed by atoms with Crippen molar-refractivity contribution in [3.05, 3.63) is 30.1 Å². The summed E-state index contributed by atoms with van der Waals surface area (Å²) in [4.78, 5) is 23.5. The molecule has 5 nitrogen and oxygen atoms in total. The number of hydrogen-bond acceptors (Lipinski definition) is 4. The Morgan fingerprint density at radius 3 is 2.38 bits per heavy atom. The summed E-state index contributed by atoms with van der Waals surface area (Å²) in [6, 6.07) is 5.52. The minimum Gasteiger partial charge on any atom is -0.479 e. The number of ether oxygens (including phenoxy) is 2. The zero-order valence-corrected chi connectivity index (χ0v) is 12.0. The van der Waals surface area contributed by atoms with Crippen LogP contribution in [0.3, 0.4) is 0 Å². The van der Waals surface area contributed by atoms with Gasteiger partial charge in [0.1, 0.15) is 11.6 Å². The lowest BCUT2D eigenvalue weighted by molar-refractivity contribution is -0.160. The highest BCUT2D eigenvalue weighted by Gasteiger charge is 2.28. The molecule has 0 saturated heterocycles. The van der Waals surface area contributed by atoms with E-state index in [0.717, 1.165) is 12.8 Å². The summed E-state index contributed by atoms with van der Waals surface area (Å²) in [5, 5.41) is 2.76. The Balaban J connectivity index is 1.80. The summed E-state index contributed by atoms with van der Waals surface area (Å²) in [5.41, 5.74) is 0. The average molecular weight is 295 g/mol. The van der Waals surface area contributed by atoms with E-state index in [1.807, 2.05) is 0 Å². The molecular weight excluding hydrogens is 277 g/mol. The molecule has 0 aliphatic heterocycles. The number of rotatable bonds is 6. The molecule has 1 fully saturated rings. The maximum absolute atomic E-state index is 12.8. The molecule has 0 spiro atoms. The van der Waals surface area contributed by atoms with Crippen molar-refractivity contribution in [1.29, 1.82) is 0 Å². The van der Waals surface area contributed by atoms with Gasteiger partial charge in [-0.15, -0.1) is 0 Å². The van der Waals surface area contributed by atoms with E-state index in [9.17, 15) is 14.0 Å². The Kier molecular flexibility index (Phi) is 4.77. The van der Waals surface area contributed by atoms with E-state index in [4.69, 9.17) is 9.47 Å². The van der Waals surface area contributed by atoms with Gasteiger partial charge >= 0.3 is 5.97 Å². The number of benzene rings is 1. The molecule has 0 bridgehead atoms. The van der Waals surface area contributed by atoms with Crippen molar-refractivity contribution in [2.45, 2.75) is 44.9 Å². The number of carbonyl (C=O) groups excluding carboxylic acids is 2. The van der Waals surface area contributed by atoms with Gasteiger partial charge in [0.15, 0.2) is 12.2 Å². The standard InChI is InChI=1S/C15H18FNO4/c1-9(14(18)17-12-5-6-12)21-15(19)10(2)20-13-7-3-11(16)4-8-13/h3-4,7-10,12H,5-6H2,1-2H3,(H,17,18)/t9-,10+/m0/s1. The number of nitrogens with one attached hydrogen (secondary N) is 1. The van der Waals surface area contributed by atoms with Crippen LogP contribution >= 0.6 is 0 Å². The van der Waals surface area contributed by atoms with Crippen molar-refractivity contribution >= 4 is 11.9 Å². The molecule has 114 valence electrons. The lowest BCUT2D eigenvalue weighted by Crippen LogP contribution is -2.39. The van der Waals surface area contributed by atoms with Gasteiger partial charge in [-0.25, -0.2) is 9.18 Å². The predicted molar refractivity (Wildman–Crippen MR) is 73.2 cm³/mol. The Bertz CT molecular complexity index is 513. The number of carbonyl (C=O) groups is 2. The van der Waals surface area contributed by atoms with Crippen molar-refractivity contribution in [2.24, 2.45) is 0 Å². The molecule has 1 saturated carbocycles. The van der Waals surface area contributed by atoms with E-state index in [1.165, 1.54) is 38.1 Å². The Labute approximate surface area is 122 Å². The fourth-order valence-corrected chi connectivity index (χ4v) is 1.64. The maximum atomic E-state index is 12.8. The Morgan fingerprint density at radius 1 is 1.19 bits per heavy atom. The topological polar surface area (TPSA) is 64.6 Å². The SMILES string of the molecule is C[C@H](OC(=O)[C@@H](C)Oc1ccc(F)cc1)C(=O)NC1CC1. The molecule has 1 amide bonds. The highest BCUT2D eigenvalue weighted by atomic mass is 19.1. The van der Waals surface area contributed by atoms with Crippen molar-refractivity contribution in [3.63, 3.8) is 0 Å². The molecule has 2 rings (SSSR count). The second kappa shape index (κ2) is 6.56. The molecule has 1 aliphatic carbocycles. The van der Waals surface area contributed by atoms with Gasteiger partial charge in [-0.05, 0) is 51.0 Å². The molecule has 1 aliphatic rings. The second-order valence-electron chi connectivity index (χ2n) is 5.08. The average Bonchev–Trinajstić information content (AvgIpc) is 3.25. The largest absolute Gasteiger partial charge is 0.479 e. The van der Waals surface area contributed by atoms with E-state index in [0.29, 0.717) is 5.75 Å². The third-order valence-electron chi connectivity index (χ3n) is 3.04. The van der Waals surface area contributed by atoms with Gasteiger partial charge in [-0.1, -0.05) is 0 Å². The van der Waals surface area contributed by atoms with Gasteiger partial charge < -0.3 is 14.8 Å². The first kappa shape index (κ1) is 15.3. The van der Waals surface area contributed by atoms with Gasteiger partial charge in [-0.2, -0.15) is 0 Å². The van der Waals surface area contributed by atoms with E-state index < -0.39 is 18.2 Å². The lowest BCUT2D eigenvalue weighted by Gasteiger charge is -2.17. The highest BCUT2D eigenvalue weighted by molar-refractivity contribution is 5.84. The smallest absolute Gasteiger partial charge is 0.347 e. The van der Waals surface area contributed by atoms with Crippen LogP contribution in [0.25, 0.3) is 0 Å². The maximum Gasteiger partial charge on any atom is 0.347 e. The molecule has 0 heterocycles. The van der Waals surface area contributed by atoms with Gasteiger partial charge in [0, 0.05) is 6.04 Å². The molecule has 0 radical (unpaired) electrons. The molecule has 21 heavy (non-hydrogen) atoms. The van der Waals surface area contributed by atoms with Crippen LogP contribution in [0, 0.1) is 5.82 Å². The van der Waals surface area contributed by atoms with Crippen molar-refractivity contribution in [3.8, 4) is 5.75 Å². The van der Waals surface area contributed by atoms with Crippen LogP contribution in [0.2, 0.25) is 0 Å². The highest BCUT2D eigenvalue weighted by Crippen LogP contribution is 2.19. The lowest BCUT2D eigenvalue weighted by atomic mass is 10.3. The Hall–Kier alpha value is -2.11. The van der Waals surface area contributed by atoms with Crippen LogP contribution in [0.4, 0.5) is 4.39 Å². The zero-order valence-electron chi connectivity index (χ0n) is 12.0. The number of hydrogen-bond donors (Lipinski definition) is 1. The minimum absolute atomic E-state index is 0.214. The van der Waals surface area contributed by atoms with Gasteiger partial charge in [-0.3, -0.25) is 4.79 Å². The third kappa shape index (κ3) is 4.73. The Morgan fingerprint density at radius 2 is 1.81 bits per heavy atom. The fourth-order valence-electron chi connectivity index (χ4n) is 1.64. The van der Waals surface area contributed by atoms with E-state index in [-0.39, 0.29) is 17.8 Å². The van der Waals surface area contributed by atoms with Crippen LogP contribution in [0.1, 0.15) is 26.7 Å². The number of amides is 1. The van der Waals surface area contributed by atoms with Crippen LogP contribution in [0.15, 0.2) is 24.3 Å². The summed E-state index contributed by atoms with van der Waals surface area (Å²) in [6.07, 6.45) is 0.191.